The van der Waals surface area contributed by atoms with Gasteiger partial charge in [-0.3, -0.25) is 18.5 Å². The number of rotatable bonds is 2. The first-order chi connectivity index (χ1) is 10.4. The van der Waals surface area contributed by atoms with Crippen molar-refractivity contribution in [2.75, 3.05) is 0 Å². The van der Waals surface area contributed by atoms with Gasteiger partial charge in [0.25, 0.3) is 5.56 Å². The fourth-order valence-corrected chi connectivity index (χ4v) is 3.07. The van der Waals surface area contributed by atoms with Gasteiger partial charge in [0.15, 0.2) is 15.9 Å². The molecule has 3 aromatic rings. The molecule has 0 aliphatic heterocycles. The minimum Gasteiger partial charge on any atom is -0.300 e. The van der Waals surface area contributed by atoms with Gasteiger partial charge in [0.1, 0.15) is 0 Å². The maximum atomic E-state index is 12.2. The number of hydrogen-bond donors (Lipinski definition) is 0. The summed E-state index contributed by atoms with van der Waals surface area (Å²) in [5.74, 6) is 0. The first kappa shape index (κ1) is 15.1. The quantitative estimate of drug-likeness (QED) is 0.635. The zero-order valence-electron chi connectivity index (χ0n) is 11.9. The standard InChI is InChI=1S/C14H12BrClN4O2/c1-18-11-10(12(21)19(2)14(18)22)17-13(15)20(11)7-8-5-3-4-6-9(8)16/h3-6H,7H2,1-2H3. The second-order valence-corrected chi connectivity index (χ2v) is 6.05. The first-order valence-corrected chi connectivity index (χ1v) is 7.64. The number of aromatic nitrogens is 4. The Labute approximate surface area is 138 Å². The highest BCUT2D eigenvalue weighted by Crippen LogP contribution is 2.22. The fourth-order valence-electron chi connectivity index (χ4n) is 2.40. The van der Waals surface area contributed by atoms with Crippen LogP contribution in [-0.2, 0) is 20.6 Å². The molecule has 8 heteroatoms. The maximum Gasteiger partial charge on any atom is 0.332 e. The first-order valence-electron chi connectivity index (χ1n) is 6.47. The van der Waals surface area contributed by atoms with Crippen LogP contribution in [0.3, 0.4) is 0 Å². The van der Waals surface area contributed by atoms with Crippen molar-refractivity contribution in [1.29, 1.82) is 0 Å². The second kappa shape index (κ2) is 5.40. The van der Waals surface area contributed by atoms with E-state index in [1.54, 1.807) is 17.7 Å². The summed E-state index contributed by atoms with van der Waals surface area (Å²) < 4.78 is 4.67. The van der Waals surface area contributed by atoms with Gasteiger partial charge in [-0.2, -0.15) is 0 Å². The van der Waals surface area contributed by atoms with Crippen molar-refractivity contribution in [2.45, 2.75) is 6.54 Å². The van der Waals surface area contributed by atoms with Crippen molar-refractivity contribution in [3.63, 3.8) is 0 Å². The number of benzene rings is 1. The summed E-state index contributed by atoms with van der Waals surface area (Å²) in [7, 11) is 3.05. The topological polar surface area (TPSA) is 61.8 Å². The van der Waals surface area contributed by atoms with E-state index in [4.69, 9.17) is 11.6 Å². The zero-order valence-corrected chi connectivity index (χ0v) is 14.2. The lowest BCUT2D eigenvalue weighted by atomic mass is 10.2. The summed E-state index contributed by atoms with van der Waals surface area (Å²) in [6.07, 6.45) is 0. The Morgan fingerprint density at radius 3 is 2.55 bits per heavy atom. The van der Waals surface area contributed by atoms with E-state index in [1.165, 1.54) is 11.6 Å². The van der Waals surface area contributed by atoms with E-state index in [0.717, 1.165) is 10.1 Å². The largest absolute Gasteiger partial charge is 0.332 e. The van der Waals surface area contributed by atoms with E-state index >= 15 is 0 Å². The van der Waals surface area contributed by atoms with Crippen molar-refractivity contribution in [1.82, 2.24) is 18.7 Å². The van der Waals surface area contributed by atoms with E-state index < -0.39 is 11.2 Å². The van der Waals surface area contributed by atoms with E-state index in [1.807, 2.05) is 18.2 Å². The maximum absolute atomic E-state index is 12.2. The molecule has 0 aliphatic rings. The van der Waals surface area contributed by atoms with Gasteiger partial charge in [0.05, 0.1) is 6.54 Å². The molecule has 2 aromatic heterocycles. The van der Waals surface area contributed by atoms with Gasteiger partial charge in [-0.15, -0.1) is 0 Å². The molecule has 3 rings (SSSR count). The van der Waals surface area contributed by atoms with E-state index in [-0.39, 0.29) is 5.52 Å². The third-order valence-electron chi connectivity index (χ3n) is 3.58. The molecule has 0 amide bonds. The molecule has 0 radical (unpaired) electrons. The number of hydrogen-bond acceptors (Lipinski definition) is 3. The molecule has 0 spiro atoms. The van der Waals surface area contributed by atoms with Crippen LogP contribution in [0.5, 0.6) is 0 Å². The molecule has 0 fully saturated rings. The molecule has 0 saturated heterocycles. The predicted octanol–water partition coefficient (Wildman–Crippen LogP) is 1.90. The van der Waals surface area contributed by atoms with Crippen molar-refractivity contribution in [3.8, 4) is 0 Å². The number of imidazole rings is 1. The van der Waals surface area contributed by atoms with Gasteiger partial charge in [0.2, 0.25) is 0 Å². The highest BCUT2D eigenvalue weighted by Gasteiger charge is 2.18. The van der Waals surface area contributed by atoms with Crippen LogP contribution < -0.4 is 11.2 Å². The van der Waals surface area contributed by atoms with Crippen molar-refractivity contribution < 1.29 is 0 Å². The van der Waals surface area contributed by atoms with Gasteiger partial charge in [-0.1, -0.05) is 29.8 Å². The predicted molar refractivity (Wildman–Crippen MR) is 88.5 cm³/mol. The van der Waals surface area contributed by atoms with Crippen LogP contribution in [-0.4, -0.2) is 18.7 Å². The van der Waals surface area contributed by atoms with Gasteiger partial charge in [-0.25, -0.2) is 9.78 Å². The van der Waals surface area contributed by atoms with E-state index in [0.29, 0.717) is 21.9 Å². The monoisotopic (exact) mass is 382 g/mol. The molecule has 2 heterocycles. The molecule has 0 bridgehead atoms. The number of nitrogens with zero attached hydrogens (tertiary/aromatic N) is 4. The summed E-state index contributed by atoms with van der Waals surface area (Å²) >= 11 is 9.54. The average molecular weight is 384 g/mol. The van der Waals surface area contributed by atoms with Crippen LogP contribution in [0.15, 0.2) is 38.6 Å². The van der Waals surface area contributed by atoms with Crippen molar-refractivity contribution >= 4 is 38.7 Å². The van der Waals surface area contributed by atoms with Crippen LogP contribution in [0.25, 0.3) is 11.2 Å². The molecule has 114 valence electrons. The Hall–Kier alpha value is -1.86. The van der Waals surface area contributed by atoms with Crippen molar-refractivity contribution in [2.24, 2.45) is 14.1 Å². The third-order valence-corrected chi connectivity index (χ3v) is 4.55. The Morgan fingerprint density at radius 2 is 1.86 bits per heavy atom. The normalized spacial score (nSPS) is 11.3. The smallest absolute Gasteiger partial charge is 0.300 e. The van der Waals surface area contributed by atoms with Gasteiger partial charge in [0, 0.05) is 19.1 Å². The summed E-state index contributed by atoms with van der Waals surface area (Å²) in [6, 6.07) is 7.41. The van der Waals surface area contributed by atoms with Crippen LogP contribution in [0, 0.1) is 0 Å². The van der Waals surface area contributed by atoms with Gasteiger partial charge >= 0.3 is 5.69 Å². The van der Waals surface area contributed by atoms with Crippen LogP contribution in [0.2, 0.25) is 5.02 Å². The zero-order chi connectivity index (χ0) is 16.0. The number of aryl methyl sites for hydroxylation is 1. The molecule has 0 aliphatic carbocycles. The minimum atomic E-state index is -0.420. The van der Waals surface area contributed by atoms with Crippen LogP contribution >= 0.6 is 27.5 Å². The molecule has 0 N–H and O–H groups in total. The molecule has 0 atom stereocenters. The summed E-state index contributed by atoms with van der Waals surface area (Å²) in [5.41, 5.74) is 0.753. The molecule has 0 saturated carbocycles. The second-order valence-electron chi connectivity index (χ2n) is 4.94. The van der Waals surface area contributed by atoms with E-state index in [9.17, 15) is 9.59 Å². The van der Waals surface area contributed by atoms with Gasteiger partial charge in [-0.05, 0) is 27.6 Å². The number of halogens is 2. The molecule has 1 aromatic carbocycles. The molecule has 0 unspecified atom stereocenters. The molecule has 6 nitrogen and oxygen atoms in total. The highest BCUT2D eigenvalue weighted by atomic mass is 79.9. The highest BCUT2D eigenvalue weighted by molar-refractivity contribution is 9.10. The average Bonchev–Trinajstić information content (AvgIpc) is 2.82. The lowest BCUT2D eigenvalue weighted by molar-refractivity contribution is 0.685. The Morgan fingerprint density at radius 1 is 1.18 bits per heavy atom. The van der Waals surface area contributed by atoms with Crippen molar-refractivity contribution in [3.05, 3.63) is 60.4 Å². The summed E-state index contributed by atoms with van der Waals surface area (Å²) in [5, 5.41) is 0.616. The fraction of sp³-hybridized carbons (Fsp3) is 0.214. The number of fused-ring (bicyclic) bond motifs is 1. The summed E-state index contributed by atoms with van der Waals surface area (Å²) in [6.45, 7) is 0.400. The Balaban J connectivity index is 2.32. The third kappa shape index (κ3) is 2.21. The summed E-state index contributed by atoms with van der Waals surface area (Å²) in [4.78, 5) is 28.6. The van der Waals surface area contributed by atoms with Crippen LogP contribution in [0.1, 0.15) is 5.56 Å². The van der Waals surface area contributed by atoms with Gasteiger partial charge < -0.3 is 0 Å². The van der Waals surface area contributed by atoms with E-state index in [2.05, 4.69) is 20.9 Å². The Bertz CT molecular complexity index is 1000. The molecule has 22 heavy (non-hydrogen) atoms. The lowest BCUT2D eigenvalue weighted by Gasteiger charge is -2.10. The Kier molecular flexibility index (Phi) is 3.70. The van der Waals surface area contributed by atoms with Crippen LogP contribution in [0.4, 0.5) is 0 Å². The SMILES string of the molecule is Cn1c(=O)c2nc(Br)n(Cc3ccccc3Cl)c2n(C)c1=O. The lowest BCUT2D eigenvalue weighted by Crippen LogP contribution is -2.37. The molecular formula is C14H12BrClN4O2. The minimum absolute atomic E-state index is 0.239. The molecular weight excluding hydrogens is 372 g/mol.